The molecule has 104 valence electrons. The van der Waals surface area contributed by atoms with Gasteiger partial charge in [0.05, 0.1) is 11.3 Å². The maximum atomic E-state index is 12.2. The van der Waals surface area contributed by atoms with E-state index in [1.165, 1.54) is 0 Å². The Bertz CT molecular complexity index is 596. The van der Waals surface area contributed by atoms with Crippen LogP contribution in [0.5, 0.6) is 0 Å². The van der Waals surface area contributed by atoms with Crippen LogP contribution in [0.15, 0.2) is 47.5 Å². The molecule has 1 amide bonds. The summed E-state index contributed by atoms with van der Waals surface area (Å²) in [4.78, 5) is 19.4. The summed E-state index contributed by atoms with van der Waals surface area (Å²) in [6, 6.07) is 11.3. The first-order valence-electron chi connectivity index (χ1n) is 6.19. The fourth-order valence-electron chi connectivity index (χ4n) is 1.73. The number of benzene rings is 1. The standard InChI is InChI=1S/C15H17N3OS/c1-18(2)14-9-8-11(10-16-14)15(19)17-12-6-4-5-7-13(12)20-3/h4-10H,1-3H3,(H,17,19). The lowest BCUT2D eigenvalue weighted by Crippen LogP contribution is -2.14. The number of thioether (sulfide) groups is 1. The highest BCUT2D eigenvalue weighted by Crippen LogP contribution is 2.25. The van der Waals surface area contributed by atoms with Gasteiger partial charge in [-0.1, -0.05) is 12.1 Å². The molecule has 2 aromatic rings. The van der Waals surface area contributed by atoms with Crippen molar-refractivity contribution in [2.75, 3.05) is 30.6 Å². The lowest BCUT2D eigenvalue weighted by Gasteiger charge is -2.12. The molecule has 2 rings (SSSR count). The van der Waals surface area contributed by atoms with E-state index in [2.05, 4.69) is 10.3 Å². The van der Waals surface area contributed by atoms with Gasteiger partial charge in [-0.15, -0.1) is 11.8 Å². The van der Waals surface area contributed by atoms with E-state index in [4.69, 9.17) is 0 Å². The molecule has 1 aromatic heterocycles. The van der Waals surface area contributed by atoms with Crippen LogP contribution in [0.1, 0.15) is 10.4 Å². The van der Waals surface area contributed by atoms with Gasteiger partial charge in [0.1, 0.15) is 5.82 Å². The maximum absolute atomic E-state index is 12.2. The van der Waals surface area contributed by atoms with Crippen molar-refractivity contribution in [1.82, 2.24) is 4.98 Å². The van der Waals surface area contributed by atoms with E-state index in [0.717, 1.165) is 16.4 Å². The van der Waals surface area contributed by atoms with Crippen LogP contribution in [0.2, 0.25) is 0 Å². The first-order chi connectivity index (χ1) is 9.61. The minimum Gasteiger partial charge on any atom is -0.363 e. The van der Waals surface area contributed by atoms with Crippen LogP contribution in [0.25, 0.3) is 0 Å². The average molecular weight is 287 g/mol. The smallest absolute Gasteiger partial charge is 0.257 e. The van der Waals surface area contributed by atoms with Crippen LogP contribution < -0.4 is 10.2 Å². The molecule has 0 saturated carbocycles. The van der Waals surface area contributed by atoms with E-state index in [1.54, 1.807) is 24.0 Å². The minimum absolute atomic E-state index is 0.149. The molecule has 0 unspecified atom stereocenters. The van der Waals surface area contributed by atoms with Gasteiger partial charge in [-0.2, -0.15) is 0 Å². The lowest BCUT2D eigenvalue weighted by atomic mass is 10.2. The van der Waals surface area contributed by atoms with Crippen molar-refractivity contribution in [3.8, 4) is 0 Å². The third-order valence-corrected chi connectivity index (χ3v) is 3.62. The third-order valence-electron chi connectivity index (χ3n) is 2.82. The number of hydrogen-bond acceptors (Lipinski definition) is 4. The van der Waals surface area contributed by atoms with Crippen molar-refractivity contribution in [1.29, 1.82) is 0 Å². The molecule has 0 fully saturated rings. The Morgan fingerprint density at radius 1 is 1.20 bits per heavy atom. The number of aromatic nitrogens is 1. The number of carbonyl (C=O) groups excluding carboxylic acids is 1. The summed E-state index contributed by atoms with van der Waals surface area (Å²) in [6.07, 6.45) is 3.57. The van der Waals surface area contributed by atoms with E-state index in [-0.39, 0.29) is 5.91 Å². The number of rotatable bonds is 4. The predicted octanol–water partition coefficient (Wildman–Crippen LogP) is 3.12. The Morgan fingerprint density at radius 3 is 2.55 bits per heavy atom. The first-order valence-corrected chi connectivity index (χ1v) is 7.42. The Hall–Kier alpha value is -2.01. The van der Waals surface area contributed by atoms with Crippen molar-refractivity contribution in [3.63, 3.8) is 0 Å². The van der Waals surface area contributed by atoms with Gasteiger partial charge >= 0.3 is 0 Å². The third kappa shape index (κ3) is 3.30. The number of nitrogens with one attached hydrogen (secondary N) is 1. The van der Waals surface area contributed by atoms with Gasteiger partial charge in [-0.05, 0) is 30.5 Å². The molecule has 0 atom stereocenters. The van der Waals surface area contributed by atoms with Crippen LogP contribution in [-0.4, -0.2) is 31.2 Å². The number of hydrogen-bond donors (Lipinski definition) is 1. The summed E-state index contributed by atoms with van der Waals surface area (Å²) in [5.41, 5.74) is 1.37. The topological polar surface area (TPSA) is 45.2 Å². The normalized spacial score (nSPS) is 10.2. The van der Waals surface area contributed by atoms with Crippen molar-refractivity contribution in [2.45, 2.75) is 4.90 Å². The average Bonchev–Trinajstić information content (AvgIpc) is 2.48. The van der Waals surface area contributed by atoms with Crippen LogP contribution in [0, 0.1) is 0 Å². The fraction of sp³-hybridized carbons (Fsp3) is 0.200. The molecule has 1 aromatic carbocycles. The molecule has 0 spiro atoms. The Balaban J connectivity index is 2.15. The highest BCUT2D eigenvalue weighted by atomic mass is 32.2. The van der Waals surface area contributed by atoms with Gasteiger partial charge in [-0.25, -0.2) is 4.98 Å². The van der Waals surface area contributed by atoms with E-state index in [0.29, 0.717) is 5.56 Å². The first kappa shape index (κ1) is 14.4. The SMILES string of the molecule is CSc1ccccc1NC(=O)c1ccc(N(C)C)nc1. The van der Waals surface area contributed by atoms with Gasteiger partial charge in [0.2, 0.25) is 0 Å². The second kappa shape index (κ2) is 6.43. The molecule has 4 nitrogen and oxygen atoms in total. The number of pyridine rings is 1. The zero-order valence-electron chi connectivity index (χ0n) is 11.8. The fourth-order valence-corrected chi connectivity index (χ4v) is 2.28. The highest BCUT2D eigenvalue weighted by molar-refractivity contribution is 7.98. The molecule has 0 bridgehead atoms. The van der Waals surface area contributed by atoms with Gasteiger partial charge in [0.25, 0.3) is 5.91 Å². The summed E-state index contributed by atoms with van der Waals surface area (Å²) in [7, 11) is 3.83. The number of amides is 1. The van der Waals surface area contributed by atoms with Crippen LogP contribution in [0.4, 0.5) is 11.5 Å². The molecule has 0 radical (unpaired) electrons. The Morgan fingerprint density at radius 2 is 1.95 bits per heavy atom. The monoisotopic (exact) mass is 287 g/mol. The van der Waals surface area contributed by atoms with Gasteiger partial charge in [0.15, 0.2) is 0 Å². The Labute approximate surface area is 123 Å². The summed E-state index contributed by atoms with van der Waals surface area (Å²) in [5, 5.41) is 2.91. The summed E-state index contributed by atoms with van der Waals surface area (Å²) >= 11 is 1.60. The summed E-state index contributed by atoms with van der Waals surface area (Å²) in [5.74, 6) is 0.676. The Kier molecular flexibility index (Phi) is 4.63. The molecule has 1 heterocycles. The number of nitrogens with zero attached hydrogens (tertiary/aromatic N) is 2. The van der Waals surface area contributed by atoms with Crippen LogP contribution in [0.3, 0.4) is 0 Å². The summed E-state index contributed by atoms with van der Waals surface area (Å²) in [6.45, 7) is 0. The second-order valence-electron chi connectivity index (χ2n) is 4.45. The molecular weight excluding hydrogens is 270 g/mol. The largest absolute Gasteiger partial charge is 0.363 e. The molecule has 1 N–H and O–H groups in total. The van der Waals surface area contributed by atoms with E-state index in [1.807, 2.05) is 55.6 Å². The number of anilines is 2. The van der Waals surface area contributed by atoms with Gasteiger partial charge in [-0.3, -0.25) is 4.79 Å². The molecule has 20 heavy (non-hydrogen) atoms. The van der Waals surface area contributed by atoms with Gasteiger partial charge < -0.3 is 10.2 Å². The second-order valence-corrected chi connectivity index (χ2v) is 5.30. The lowest BCUT2D eigenvalue weighted by molar-refractivity contribution is 0.102. The predicted molar refractivity (Wildman–Crippen MR) is 84.7 cm³/mol. The van der Waals surface area contributed by atoms with E-state index >= 15 is 0 Å². The molecular formula is C15H17N3OS. The molecule has 0 aliphatic rings. The molecule has 0 saturated heterocycles. The molecule has 0 aliphatic heterocycles. The zero-order valence-corrected chi connectivity index (χ0v) is 12.6. The number of carbonyl (C=O) groups is 1. The van der Waals surface area contributed by atoms with Crippen LogP contribution >= 0.6 is 11.8 Å². The summed E-state index contributed by atoms with van der Waals surface area (Å²) < 4.78 is 0. The molecule has 0 aliphatic carbocycles. The van der Waals surface area contributed by atoms with E-state index < -0.39 is 0 Å². The van der Waals surface area contributed by atoms with Crippen LogP contribution in [-0.2, 0) is 0 Å². The van der Waals surface area contributed by atoms with E-state index in [9.17, 15) is 4.79 Å². The van der Waals surface area contributed by atoms with Crippen molar-refractivity contribution >= 4 is 29.2 Å². The minimum atomic E-state index is -0.149. The quantitative estimate of drug-likeness (QED) is 0.878. The van der Waals surface area contributed by atoms with Crippen molar-refractivity contribution in [2.24, 2.45) is 0 Å². The van der Waals surface area contributed by atoms with Crippen molar-refractivity contribution < 1.29 is 4.79 Å². The zero-order chi connectivity index (χ0) is 14.5. The van der Waals surface area contributed by atoms with Crippen molar-refractivity contribution in [3.05, 3.63) is 48.2 Å². The molecule has 5 heteroatoms. The number of para-hydroxylation sites is 1. The maximum Gasteiger partial charge on any atom is 0.257 e. The van der Waals surface area contributed by atoms with Gasteiger partial charge in [0, 0.05) is 25.2 Å². The highest BCUT2D eigenvalue weighted by Gasteiger charge is 2.09.